The molecule has 0 radical (unpaired) electrons. The summed E-state index contributed by atoms with van der Waals surface area (Å²) in [5, 5.41) is 0. The molecule has 0 aliphatic carbocycles. The normalized spacial score (nSPS) is 11.9. The van der Waals surface area contributed by atoms with Crippen molar-refractivity contribution < 1.29 is 14.3 Å². The first kappa shape index (κ1) is 11.4. The fourth-order valence-corrected chi connectivity index (χ4v) is 0.921. The fourth-order valence-electron chi connectivity index (χ4n) is 0.921. The summed E-state index contributed by atoms with van der Waals surface area (Å²) in [6.07, 6.45) is 1.90. The summed E-state index contributed by atoms with van der Waals surface area (Å²) >= 11 is 0. The monoisotopic (exact) mass is 207 g/mol. The van der Waals surface area contributed by atoms with Crippen LogP contribution in [0.25, 0.3) is 0 Å². The summed E-state index contributed by atoms with van der Waals surface area (Å²) in [5.74, 6) is -1.54. The van der Waals surface area contributed by atoms with Crippen LogP contribution in [0.1, 0.15) is 30.8 Å². The van der Waals surface area contributed by atoms with Crippen LogP contribution in [0.15, 0.2) is 24.4 Å². The minimum absolute atomic E-state index is 0.116. The van der Waals surface area contributed by atoms with E-state index in [-0.39, 0.29) is 11.8 Å². The second kappa shape index (κ2) is 5.24. The highest BCUT2D eigenvalue weighted by Gasteiger charge is 2.20. The van der Waals surface area contributed by atoms with Gasteiger partial charge in [-0.05, 0) is 25.5 Å². The first-order chi connectivity index (χ1) is 7.15. The van der Waals surface area contributed by atoms with E-state index in [0.717, 1.165) is 0 Å². The molecule has 0 saturated heterocycles. The van der Waals surface area contributed by atoms with Crippen molar-refractivity contribution in [3.8, 4) is 0 Å². The van der Waals surface area contributed by atoms with Crippen LogP contribution in [-0.2, 0) is 9.53 Å². The number of rotatable bonds is 4. The minimum Gasteiger partial charge on any atom is -0.457 e. The van der Waals surface area contributed by atoms with Gasteiger partial charge in [0.2, 0.25) is 0 Å². The molecule has 80 valence electrons. The lowest BCUT2D eigenvalue weighted by Crippen LogP contribution is -2.23. The number of carbonyl (C=O) groups excluding carboxylic acids is 2. The van der Waals surface area contributed by atoms with E-state index in [9.17, 15) is 9.59 Å². The fraction of sp³-hybridized carbons (Fsp3) is 0.364. The van der Waals surface area contributed by atoms with E-state index in [1.165, 1.54) is 12.3 Å². The van der Waals surface area contributed by atoms with Crippen LogP contribution in [0, 0.1) is 0 Å². The van der Waals surface area contributed by atoms with E-state index >= 15 is 0 Å². The molecule has 0 fully saturated rings. The van der Waals surface area contributed by atoms with Crippen molar-refractivity contribution >= 4 is 11.8 Å². The zero-order valence-corrected chi connectivity index (χ0v) is 8.77. The molecular formula is C11H13NO3. The van der Waals surface area contributed by atoms with Gasteiger partial charge in [0.05, 0.1) is 6.10 Å². The lowest BCUT2D eigenvalue weighted by molar-refractivity contribution is -0.142. The Kier molecular flexibility index (Phi) is 3.97. The van der Waals surface area contributed by atoms with Crippen LogP contribution in [-0.4, -0.2) is 22.8 Å². The number of nitrogens with zero attached hydrogens (tertiary/aromatic N) is 1. The van der Waals surface area contributed by atoms with Gasteiger partial charge in [-0.15, -0.1) is 0 Å². The number of hydrogen-bond donors (Lipinski definition) is 0. The van der Waals surface area contributed by atoms with Gasteiger partial charge in [0.1, 0.15) is 5.69 Å². The third-order valence-corrected chi connectivity index (χ3v) is 1.97. The van der Waals surface area contributed by atoms with Crippen LogP contribution < -0.4 is 0 Å². The third kappa shape index (κ3) is 3.16. The molecule has 1 rings (SSSR count). The van der Waals surface area contributed by atoms with Gasteiger partial charge in [-0.25, -0.2) is 4.79 Å². The number of carbonyl (C=O) groups is 2. The molecule has 0 bridgehead atoms. The molecule has 0 aliphatic rings. The Morgan fingerprint density at radius 3 is 2.73 bits per heavy atom. The number of ether oxygens (including phenoxy) is 1. The SMILES string of the molecule is CCC(C)OC(=O)C(=O)c1ccccn1. The van der Waals surface area contributed by atoms with E-state index in [0.29, 0.717) is 6.42 Å². The van der Waals surface area contributed by atoms with E-state index in [1.807, 2.05) is 6.92 Å². The maximum absolute atomic E-state index is 11.5. The lowest BCUT2D eigenvalue weighted by Gasteiger charge is -2.09. The molecule has 0 N–H and O–H groups in total. The van der Waals surface area contributed by atoms with Crippen molar-refractivity contribution in [2.75, 3.05) is 0 Å². The zero-order valence-electron chi connectivity index (χ0n) is 8.77. The Morgan fingerprint density at radius 1 is 1.47 bits per heavy atom. The molecule has 1 aromatic rings. The average Bonchev–Trinajstić information content (AvgIpc) is 2.29. The summed E-state index contributed by atoms with van der Waals surface area (Å²) in [5.41, 5.74) is 0.116. The first-order valence-electron chi connectivity index (χ1n) is 4.81. The Bertz CT molecular complexity index is 348. The quantitative estimate of drug-likeness (QED) is 0.427. The molecule has 0 saturated carbocycles. The molecule has 1 heterocycles. The van der Waals surface area contributed by atoms with Crippen molar-refractivity contribution in [2.24, 2.45) is 0 Å². The van der Waals surface area contributed by atoms with Crippen molar-refractivity contribution in [2.45, 2.75) is 26.4 Å². The Balaban J connectivity index is 2.66. The summed E-state index contributed by atoms with van der Waals surface area (Å²) in [6, 6.07) is 4.81. The molecule has 15 heavy (non-hydrogen) atoms. The predicted molar refractivity (Wildman–Crippen MR) is 54.4 cm³/mol. The van der Waals surface area contributed by atoms with Crippen LogP contribution in [0.5, 0.6) is 0 Å². The van der Waals surface area contributed by atoms with Gasteiger partial charge in [-0.2, -0.15) is 0 Å². The predicted octanol–water partition coefficient (Wildman–Crippen LogP) is 1.61. The van der Waals surface area contributed by atoms with Crippen LogP contribution >= 0.6 is 0 Å². The van der Waals surface area contributed by atoms with Gasteiger partial charge in [-0.3, -0.25) is 9.78 Å². The van der Waals surface area contributed by atoms with Crippen molar-refractivity contribution in [3.63, 3.8) is 0 Å². The second-order valence-corrected chi connectivity index (χ2v) is 3.17. The molecule has 1 unspecified atom stereocenters. The van der Waals surface area contributed by atoms with Gasteiger partial charge in [0.15, 0.2) is 0 Å². The molecule has 0 amide bonds. The van der Waals surface area contributed by atoms with Crippen molar-refractivity contribution in [3.05, 3.63) is 30.1 Å². The number of ketones is 1. The number of hydrogen-bond acceptors (Lipinski definition) is 4. The second-order valence-electron chi connectivity index (χ2n) is 3.17. The highest BCUT2D eigenvalue weighted by molar-refractivity contribution is 6.40. The zero-order chi connectivity index (χ0) is 11.3. The molecule has 1 atom stereocenters. The summed E-state index contributed by atoms with van der Waals surface area (Å²) in [4.78, 5) is 26.5. The summed E-state index contributed by atoms with van der Waals surface area (Å²) in [6.45, 7) is 3.62. The van der Waals surface area contributed by atoms with E-state index in [1.54, 1.807) is 19.1 Å². The van der Waals surface area contributed by atoms with E-state index < -0.39 is 11.8 Å². The third-order valence-electron chi connectivity index (χ3n) is 1.97. The average molecular weight is 207 g/mol. The van der Waals surface area contributed by atoms with E-state index in [2.05, 4.69) is 4.98 Å². The van der Waals surface area contributed by atoms with Gasteiger partial charge in [-0.1, -0.05) is 13.0 Å². The lowest BCUT2D eigenvalue weighted by atomic mass is 10.2. The van der Waals surface area contributed by atoms with Crippen LogP contribution in [0.2, 0.25) is 0 Å². The maximum atomic E-state index is 11.5. The number of esters is 1. The van der Waals surface area contributed by atoms with Gasteiger partial charge >= 0.3 is 5.97 Å². The largest absolute Gasteiger partial charge is 0.457 e. The van der Waals surface area contributed by atoms with E-state index in [4.69, 9.17) is 4.74 Å². The number of pyridine rings is 1. The van der Waals surface area contributed by atoms with Crippen molar-refractivity contribution in [1.29, 1.82) is 0 Å². The number of Topliss-reactive ketones (excluding diaryl/α,β-unsaturated/α-hetero) is 1. The highest BCUT2D eigenvalue weighted by atomic mass is 16.5. The maximum Gasteiger partial charge on any atom is 0.381 e. The molecule has 0 aromatic carbocycles. The Labute approximate surface area is 88.3 Å². The Hall–Kier alpha value is -1.71. The summed E-state index contributed by atoms with van der Waals surface area (Å²) in [7, 11) is 0. The molecule has 0 spiro atoms. The van der Waals surface area contributed by atoms with Gasteiger partial charge < -0.3 is 4.74 Å². The highest BCUT2D eigenvalue weighted by Crippen LogP contribution is 2.01. The number of aromatic nitrogens is 1. The van der Waals surface area contributed by atoms with Gasteiger partial charge in [0, 0.05) is 6.20 Å². The van der Waals surface area contributed by atoms with Crippen LogP contribution in [0.4, 0.5) is 0 Å². The van der Waals surface area contributed by atoms with Crippen LogP contribution in [0.3, 0.4) is 0 Å². The smallest absolute Gasteiger partial charge is 0.381 e. The molecular weight excluding hydrogens is 194 g/mol. The summed E-state index contributed by atoms with van der Waals surface area (Å²) < 4.78 is 4.89. The Morgan fingerprint density at radius 2 is 2.20 bits per heavy atom. The molecule has 4 nitrogen and oxygen atoms in total. The molecule has 0 aliphatic heterocycles. The molecule has 4 heteroatoms. The van der Waals surface area contributed by atoms with Crippen molar-refractivity contribution in [1.82, 2.24) is 4.98 Å². The van der Waals surface area contributed by atoms with Gasteiger partial charge in [0.25, 0.3) is 5.78 Å². The standard InChI is InChI=1S/C11H13NO3/c1-3-8(2)15-11(14)10(13)9-6-4-5-7-12-9/h4-8H,3H2,1-2H3. The topological polar surface area (TPSA) is 56.3 Å². The molecule has 1 aromatic heterocycles. The minimum atomic E-state index is -0.844. The first-order valence-corrected chi connectivity index (χ1v) is 4.81.